The topological polar surface area (TPSA) is 58.4 Å². The number of hydrogen-bond donors (Lipinski definition) is 2. The van der Waals surface area contributed by atoms with E-state index in [0.717, 1.165) is 30.6 Å². The average molecular weight is 312 g/mol. The zero-order valence-corrected chi connectivity index (χ0v) is 13.7. The summed E-state index contributed by atoms with van der Waals surface area (Å²) >= 11 is 0. The van der Waals surface area contributed by atoms with Crippen LogP contribution in [0, 0.1) is 5.92 Å². The van der Waals surface area contributed by atoms with Crippen molar-refractivity contribution >= 4 is 24.0 Å². The van der Waals surface area contributed by atoms with E-state index >= 15 is 0 Å². The number of nitrogens with zero attached hydrogens (tertiary/aromatic N) is 1. The molecular formula is C16H26ClN3O. The van der Waals surface area contributed by atoms with E-state index in [1.54, 1.807) is 0 Å². The number of rotatable bonds is 4. The Bertz CT molecular complexity index is 465. The summed E-state index contributed by atoms with van der Waals surface area (Å²) < 4.78 is 0. The fourth-order valence-electron chi connectivity index (χ4n) is 2.78. The first-order valence-electron chi connectivity index (χ1n) is 7.37. The van der Waals surface area contributed by atoms with Gasteiger partial charge in [0.2, 0.25) is 0 Å². The van der Waals surface area contributed by atoms with Gasteiger partial charge >= 0.3 is 0 Å². The van der Waals surface area contributed by atoms with Gasteiger partial charge in [0.25, 0.3) is 5.91 Å². The molecule has 1 aliphatic rings. The lowest BCUT2D eigenvalue weighted by atomic mass is 9.86. The summed E-state index contributed by atoms with van der Waals surface area (Å²) in [6, 6.07) is 8.00. The van der Waals surface area contributed by atoms with Gasteiger partial charge in [0.05, 0.1) is 0 Å². The summed E-state index contributed by atoms with van der Waals surface area (Å²) in [6.07, 6.45) is 4.50. The van der Waals surface area contributed by atoms with Gasteiger partial charge in [-0.3, -0.25) is 4.79 Å². The highest BCUT2D eigenvalue weighted by Crippen LogP contribution is 2.22. The molecule has 4 nitrogen and oxygen atoms in total. The minimum absolute atomic E-state index is 0. The van der Waals surface area contributed by atoms with Crippen LogP contribution in [0.4, 0.5) is 5.69 Å². The SMILES string of the molecule is CN(C)c1cccc(C(=O)NCC2CCCC(N)C2)c1.Cl. The van der Waals surface area contributed by atoms with Crippen LogP contribution in [0.5, 0.6) is 0 Å². The third-order valence-electron chi connectivity index (χ3n) is 4.00. The zero-order chi connectivity index (χ0) is 14.5. The van der Waals surface area contributed by atoms with E-state index in [-0.39, 0.29) is 18.3 Å². The summed E-state index contributed by atoms with van der Waals surface area (Å²) in [4.78, 5) is 14.2. The van der Waals surface area contributed by atoms with Crippen molar-refractivity contribution in [2.45, 2.75) is 31.7 Å². The summed E-state index contributed by atoms with van der Waals surface area (Å²) in [5, 5.41) is 3.04. The lowest BCUT2D eigenvalue weighted by Crippen LogP contribution is -2.35. The Morgan fingerprint density at radius 1 is 1.38 bits per heavy atom. The second-order valence-corrected chi connectivity index (χ2v) is 5.95. The van der Waals surface area contributed by atoms with E-state index in [0.29, 0.717) is 12.0 Å². The van der Waals surface area contributed by atoms with E-state index in [9.17, 15) is 4.79 Å². The number of anilines is 1. The molecule has 0 radical (unpaired) electrons. The van der Waals surface area contributed by atoms with Crippen molar-refractivity contribution in [1.29, 1.82) is 0 Å². The summed E-state index contributed by atoms with van der Waals surface area (Å²) in [6.45, 7) is 0.735. The maximum absolute atomic E-state index is 12.2. The normalized spacial score (nSPS) is 21.3. The zero-order valence-electron chi connectivity index (χ0n) is 12.8. The third kappa shape index (κ3) is 5.21. The smallest absolute Gasteiger partial charge is 0.251 e. The van der Waals surface area contributed by atoms with Crippen LogP contribution in [0.2, 0.25) is 0 Å². The monoisotopic (exact) mass is 311 g/mol. The van der Waals surface area contributed by atoms with Crippen LogP contribution in [0.3, 0.4) is 0 Å². The third-order valence-corrected chi connectivity index (χ3v) is 4.00. The molecule has 1 aliphatic carbocycles. The minimum Gasteiger partial charge on any atom is -0.378 e. The van der Waals surface area contributed by atoms with Crippen molar-refractivity contribution in [2.24, 2.45) is 11.7 Å². The van der Waals surface area contributed by atoms with Crippen molar-refractivity contribution in [3.05, 3.63) is 29.8 Å². The fraction of sp³-hybridized carbons (Fsp3) is 0.562. The van der Waals surface area contributed by atoms with Gasteiger partial charge in [-0.05, 0) is 43.4 Å². The number of carbonyl (C=O) groups is 1. The number of amides is 1. The molecule has 0 aromatic heterocycles. The lowest BCUT2D eigenvalue weighted by Gasteiger charge is -2.26. The molecule has 0 aliphatic heterocycles. The van der Waals surface area contributed by atoms with Gasteiger partial charge in [-0.2, -0.15) is 0 Å². The van der Waals surface area contributed by atoms with Crippen LogP contribution in [-0.2, 0) is 0 Å². The Kier molecular flexibility index (Phi) is 6.99. The number of carbonyl (C=O) groups excluding carboxylic acids is 1. The number of benzene rings is 1. The Hall–Kier alpha value is -1.26. The second-order valence-electron chi connectivity index (χ2n) is 5.95. The Balaban J connectivity index is 0.00000220. The van der Waals surface area contributed by atoms with Gasteiger partial charge in [-0.1, -0.05) is 12.5 Å². The first-order valence-corrected chi connectivity index (χ1v) is 7.37. The van der Waals surface area contributed by atoms with Crippen LogP contribution in [-0.4, -0.2) is 32.6 Å². The summed E-state index contributed by atoms with van der Waals surface area (Å²) in [5.41, 5.74) is 7.74. The Morgan fingerprint density at radius 3 is 2.81 bits per heavy atom. The van der Waals surface area contributed by atoms with Crippen molar-refractivity contribution in [1.82, 2.24) is 5.32 Å². The van der Waals surface area contributed by atoms with Crippen molar-refractivity contribution in [3.63, 3.8) is 0 Å². The molecule has 0 heterocycles. The van der Waals surface area contributed by atoms with Crippen LogP contribution in [0.1, 0.15) is 36.0 Å². The largest absolute Gasteiger partial charge is 0.378 e. The van der Waals surface area contributed by atoms with E-state index in [1.165, 1.54) is 12.8 Å². The molecule has 1 aromatic rings. The first kappa shape index (κ1) is 17.8. The van der Waals surface area contributed by atoms with Crippen LogP contribution in [0.15, 0.2) is 24.3 Å². The fourth-order valence-corrected chi connectivity index (χ4v) is 2.78. The predicted molar refractivity (Wildman–Crippen MR) is 90.3 cm³/mol. The van der Waals surface area contributed by atoms with Gasteiger partial charge in [0.15, 0.2) is 0 Å². The van der Waals surface area contributed by atoms with E-state index < -0.39 is 0 Å². The Labute approximate surface area is 133 Å². The van der Waals surface area contributed by atoms with E-state index in [4.69, 9.17) is 5.73 Å². The second kappa shape index (κ2) is 8.25. The predicted octanol–water partition coefficient (Wildman–Crippen LogP) is 2.42. The molecule has 3 N–H and O–H groups in total. The van der Waals surface area contributed by atoms with Gasteiger partial charge in [0, 0.05) is 37.9 Å². The molecule has 0 bridgehead atoms. The van der Waals surface area contributed by atoms with Gasteiger partial charge in [-0.15, -0.1) is 12.4 Å². The highest BCUT2D eigenvalue weighted by molar-refractivity contribution is 5.95. The number of halogens is 1. The molecule has 1 fully saturated rings. The maximum atomic E-state index is 12.2. The first-order chi connectivity index (χ1) is 9.56. The van der Waals surface area contributed by atoms with Gasteiger partial charge < -0.3 is 16.0 Å². The van der Waals surface area contributed by atoms with Crippen molar-refractivity contribution in [2.75, 3.05) is 25.5 Å². The molecule has 2 unspecified atom stereocenters. The molecule has 0 spiro atoms. The molecule has 21 heavy (non-hydrogen) atoms. The van der Waals surface area contributed by atoms with Crippen molar-refractivity contribution < 1.29 is 4.79 Å². The quantitative estimate of drug-likeness (QED) is 0.898. The molecule has 1 aromatic carbocycles. The van der Waals surface area contributed by atoms with Crippen LogP contribution >= 0.6 is 12.4 Å². The lowest BCUT2D eigenvalue weighted by molar-refractivity contribution is 0.0942. The van der Waals surface area contributed by atoms with Crippen LogP contribution in [0.25, 0.3) is 0 Å². The van der Waals surface area contributed by atoms with E-state index in [2.05, 4.69) is 5.32 Å². The Morgan fingerprint density at radius 2 is 2.14 bits per heavy atom. The summed E-state index contributed by atoms with van der Waals surface area (Å²) in [5.74, 6) is 0.535. The number of hydrogen-bond acceptors (Lipinski definition) is 3. The van der Waals surface area contributed by atoms with Crippen LogP contribution < -0.4 is 16.0 Å². The molecule has 2 atom stereocenters. The molecule has 118 valence electrons. The molecular weight excluding hydrogens is 286 g/mol. The van der Waals surface area contributed by atoms with E-state index in [1.807, 2.05) is 43.3 Å². The number of nitrogens with two attached hydrogens (primary N) is 1. The molecule has 1 saturated carbocycles. The molecule has 5 heteroatoms. The van der Waals surface area contributed by atoms with Gasteiger partial charge in [-0.25, -0.2) is 0 Å². The standard InChI is InChI=1S/C16H25N3O.ClH/c1-19(2)15-8-4-6-13(10-15)16(20)18-11-12-5-3-7-14(17)9-12;/h4,6,8,10,12,14H,3,5,7,9,11,17H2,1-2H3,(H,18,20);1H. The summed E-state index contributed by atoms with van der Waals surface area (Å²) in [7, 11) is 3.95. The molecule has 1 amide bonds. The molecule has 2 rings (SSSR count). The minimum atomic E-state index is 0. The highest BCUT2D eigenvalue weighted by Gasteiger charge is 2.19. The van der Waals surface area contributed by atoms with Gasteiger partial charge in [0.1, 0.15) is 0 Å². The number of nitrogens with one attached hydrogen (secondary N) is 1. The van der Waals surface area contributed by atoms with Crippen molar-refractivity contribution in [3.8, 4) is 0 Å². The average Bonchev–Trinajstić information content (AvgIpc) is 2.45. The molecule has 0 saturated heterocycles. The maximum Gasteiger partial charge on any atom is 0.251 e. The highest BCUT2D eigenvalue weighted by atomic mass is 35.5.